The van der Waals surface area contributed by atoms with Crippen molar-refractivity contribution in [2.24, 2.45) is 11.8 Å². The number of aromatic nitrogens is 4. The van der Waals surface area contributed by atoms with Crippen LogP contribution in [-0.2, 0) is 16.1 Å². The summed E-state index contributed by atoms with van der Waals surface area (Å²) in [5.74, 6) is -0.691. The molecule has 4 fully saturated rings. The van der Waals surface area contributed by atoms with Crippen molar-refractivity contribution in [2.45, 2.75) is 95.3 Å². The van der Waals surface area contributed by atoms with E-state index in [4.69, 9.17) is 4.42 Å². The number of oxazole rings is 1. The predicted octanol–water partition coefficient (Wildman–Crippen LogP) is 5.67. The van der Waals surface area contributed by atoms with Crippen molar-refractivity contribution in [1.29, 1.82) is 0 Å². The maximum absolute atomic E-state index is 14.2. The summed E-state index contributed by atoms with van der Waals surface area (Å²) in [5.41, 5.74) is 1.44. The lowest BCUT2D eigenvalue weighted by Gasteiger charge is -2.39. The highest BCUT2D eigenvalue weighted by Gasteiger charge is 2.45. The highest BCUT2D eigenvalue weighted by Crippen LogP contribution is 2.37. The molecular weight excluding hydrogens is 803 g/mol. The summed E-state index contributed by atoms with van der Waals surface area (Å²) in [4.78, 5) is 78.7. The first-order valence-electron chi connectivity index (χ1n) is 21.6. The number of amides is 5. The lowest BCUT2D eigenvalue weighted by Crippen LogP contribution is -2.54. The summed E-state index contributed by atoms with van der Waals surface area (Å²) in [5, 5.41) is 12.4. The molecule has 3 aliphatic heterocycles. The molecule has 1 unspecified atom stereocenters. The zero-order valence-corrected chi connectivity index (χ0v) is 34.5. The molecule has 1 atom stereocenters. The molecule has 3 aromatic heterocycles. The number of nitrogens with zero attached hydrogens (tertiary/aromatic N) is 7. The first-order valence-corrected chi connectivity index (χ1v) is 21.6. The van der Waals surface area contributed by atoms with Gasteiger partial charge in [-0.3, -0.25) is 43.8 Å². The normalized spacial score (nSPS) is 22.4. The van der Waals surface area contributed by atoms with Gasteiger partial charge in [0.25, 0.3) is 24.1 Å². The van der Waals surface area contributed by atoms with E-state index in [0.717, 1.165) is 75.2 Å². The first-order chi connectivity index (χ1) is 30.0. The Labute approximate surface area is 356 Å². The molecular formula is C44H50F2N10O6. The molecule has 326 valence electrons. The van der Waals surface area contributed by atoms with Gasteiger partial charge >= 0.3 is 0 Å². The monoisotopic (exact) mass is 852 g/mol. The van der Waals surface area contributed by atoms with Gasteiger partial charge in [-0.05, 0) is 114 Å². The molecule has 4 aromatic rings. The molecule has 9 rings (SSSR count). The number of nitrogens with one attached hydrogen (secondary N) is 3. The summed E-state index contributed by atoms with van der Waals surface area (Å²) in [6.07, 6.45) is 9.30. The number of imide groups is 2. The van der Waals surface area contributed by atoms with Gasteiger partial charge in [0.05, 0.1) is 22.9 Å². The summed E-state index contributed by atoms with van der Waals surface area (Å²) in [6, 6.07) is 8.07. The first kappa shape index (κ1) is 41.5. The highest BCUT2D eigenvalue weighted by atomic mass is 19.3. The molecule has 2 saturated heterocycles. The quantitative estimate of drug-likeness (QED) is 0.132. The smallest absolute Gasteiger partial charge is 0.284 e. The number of carbonyl (C=O) groups is 5. The number of pyridine rings is 1. The molecule has 0 bridgehead atoms. The highest BCUT2D eigenvalue weighted by molar-refractivity contribution is 6.24. The van der Waals surface area contributed by atoms with Gasteiger partial charge in [-0.2, -0.15) is 5.10 Å². The zero-order chi connectivity index (χ0) is 43.1. The zero-order valence-electron chi connectivity index (χ0n) is 34.5. The average Bonchev–Trinajstić information content (AvgIpc) is 3.67. The minimum absolute atomic E-state index is 0.0406. The fourth-order valence-corrected chi connectivity index (χ4v) is 9.40. The van der Waals surface area contributed by atoms with Gasteiger partial charge in [-0.15, -0.1) is 0 Å². The third-order valence-corrected chi connectivity index (χ3v) is 13.1. The van der Waals surface area contributed by atoms with Crippen molar-refractivity contribution in [2.75, 3.05) is 43.9 Å². The number of fused-ring (bicyclic) bond motifs is 1. The molecule has 1 aromatic carbocycles. The van der Waals surface area contributed by atoms with Gasteiger partial charge < -0.3 is 20.0 Å². The van der Waals surface area contributed by atoms with Crippen molar-refractivity contribution >= 4 is 41.0 Å². The molecule has 3 N–H and O–H groups in total. The van der Waals surface area contributed by atoms with E-state index in [1.165, 1.54) is 25.3 Å². The number of anilines is 2. The lowest BCUT2D eigenvalue weighted by atomic mass is 9.85. The Balaban J connectivity index is 0.748. The minimum Gasteiger partial charge on any atom is -0.444 e. The van der Waals surface area contributed by atoms with Gasteiger partial charge in [-0.25, -0.2) is 18.7 Å². The van der Waals surface area contributed by atoms with Crippen LogP contribution < -0.4 is 16.0 Å². The van der Waals surface area contributed by atoms with Crippen LogP contribution in [-0.4, -0.2) is 109 Å². The van der Waals surface area contributed by atoms with Crippen LogP contribution in [0.25, 0.3) is 11.5 Å². The number of rotatable bonds is 14. The Morgan fingerprint density at radius 2 is 1.76 bits per heavy atom. The molecule has 16 nitrogen and oxygen atoms in total. The molecule has 5 amide bonds. The van der Waals surface area contributed by atoms with Crippen molar-refractivity contribution in [3.8, 4) is 11.5 Å². The van der Waals surface area contributed by atoms with Crippen LogP contribution in [0.3, 0.4) is 0 Å². The number of carbonyl (C=O) groups excluding carboxylic acids is 5. The van der Waals surface area contributed by atoms with Gasteiger partial charge in [0.1, 0.15) is 18.1 Å². The van der Waals surface area contributed by atoms with Crippen LogP contribution in [0.1, 0.15) is 119 Å². The van der Waals surface area contributed by atoms with Crippen LogP contribution >= 0.6 is 0 Å². The summed E-state index contributed by atoms with van der Waals surface area (Å²) < 4.78 is 35.6. The molecule has 2 saturated carbocycles. The molecule has 18 heteroatoms. The summed E-state index contributed by atoms with van der Waals surface area (Å²) in [7, 11) is 2.15. The Morgan fingerprint density at radius 3 is 2.50 bits per heavy atom. The largest absolute Gasteiger partial charge is 0.444 e. The third kappa shape index (κ3) is 8.75. The molecule has 0 radical (unpaired) electrons. The van der Waals surface area contributed by atoms with E-state index in [1.54, 1.807) is 35.1 Å². The van der Waals surface area contributed by atoms with E-state index in [-0.39, 0.29) is 36.2 Å². The van der Waals surface area contributed by atoms with Gasteiger partial charge in [-0.1, -0.05) is 12.1 Å². The van der Waals surface area contributed by atoms with E-state index < -0.39 is 47.7 Å². The van der Waals surface area contributed by atoms with Gasteiger partial charge in [0, 0.05) is 50.1 Å². The van der Waals surface area contributed by atoms with Crippen LogP contribution in [0.15, 0.2) is 53.4 Å². The van der Waals surface area contributed by atoms with Crippen molar-refractivity contribution < 1.29 is 37.2 Å². The summed E-state index contributed by atoms with van der Waals surface area (Å²) in [6.45, 7) is 3.89. The predicted molar refractivity (Wildman–Crippen MR) is 221 cm³/mol. The van der Waals surface area contributed by atoms with Gasteiger partial charge in [0.15, 0.2) is 11.4 Å². The van der Waals surface area contributed by atoms with Crippen LogP contribution in [0.5, 0.6) is 0 Å². The van der Waals surface area contributed by atoms with E-state index in [2.05, 4.69) is 47.9 Å². The second-order valence-electron chi connectivity index (χ2n) is 17.4. The molecule has 6 heterocycles. The molecule has 0 spiro atoms. The van der Waals surface area contributed by atoms with Crippen molar-refractivity contribution in [3.05, 3.63) is 77.1 Å². The summed E-state index contributed by atoms with van der Waals surface area (Å²) >= 11 is 0. The van der Waals surface area contributed by atoms with Crippen LogP contribution in [0, 0.1) is 11.8 Å². The van der Waals surface area contributed by atoms with E-state index in [9.17, 15) is 32.8 Å². The SMILES string of the molecule is CN(C[C@H]1CC[C@H](n2cc(NC(=O)c3coc(-c4ccnc(NCC5CC5)c4)n3)c(C(F)F)n2)CC1)C1CCN(Cc2cccc3c2C(=O)N(C2CCC(=O)NC2=O)C3=O)CC1. The Hall–Kier alpha value is -5.88. The van der Waals surface area contributed by atoms with Crippen molar-refractivity contribution in [1.82, 2.24) is 39.8 Å². The molecule has 2 aliphatic carbocycles. The second kappa shape index (κ2) is 17.5. The average molecular weight is 853 g/mol. The van der Waals surface area contributed by atoms with E-state index >= 15 is 0 Å². The number of hydrogen-bond acceptors (Lipinski definition) is 12. The standard InChI is InChI=1S/C44H50F2N10O6/c1-53(29-14-17-54(18-15-29)22-28-3-2-4-31-37(28)44(61)56(43(31)60)34-11-12-36(57)51-41(34)59)21-26-7-9-30(10-8-26)55-23-32(38(52-55)39(45)46)49-40(58)33-24-62-42(50-33)27-13-16-47-35(19-27)48-20-25-5-6-25/h2-4,13,16,19,23-26,29-30,34,39H,5-12,14-15,17-18,20-22H2,1H3,(H,47,48)(H,49,58)(H,51,57,59)/t26-,30-,34?. The maximum atomic E-state index is 14.2. The fraction of sp³-hybridized carbons (Fsp3) is 0.500. The maximum Gasteiger partial charge on any atom is 0.284 e. The molecule has 5 aliphatic rings. The number of halogens is 2. The van der Waals surface area contributed by atoms with E-state index in [1.807, 2.05) is 6.07 Å². The van der Waals surface area contributed by atoms with E-state index in [0.29, 0.717) is 46.9 Å². The number of hydrogen-bond donors (Lipinski definition) is 3. The second-order valence-corrected chi connectivity index (χ2v) is 17.4. The number of benzene rings is 1. The molecule has 62 heavy (non-hydrogen) atoms. The van der Waals surface area contributed by atoms with Gasteiger partial charge in [0.2, 0.25) is 17.7 Å². The number of piperidine rings is 2. The topological polar surface area (TPSA) is 188 Å². The number of alkyl halides is 2. The van der Waals surface area contributed by atoms with Crippen LogP contribution in [0.4, 0.5) is 20.3 Å². The third-order valence-electron chi connectivity index (χ3n) is 13.1. The Bertz CT molecular complexity index is 2360. The number of likely N-dealkylation sites (tertiary alicyclic amines) is 1. The minimum atomic E-state index is -2.88. The Kier molecular flexibility index (Phi) is 11.7. The van der Waals surface area contributed by atoms with Crippen LogP contribution in [0.2, 0.25) is 0 Å². The Morgan fingerprint density at radius 1 is 0.984 bits per heavy atom. The lowest BCUT2D eigenvalue weighted by molar-refractivity contribution is -0.136. The van der Waals surface area contributed by atoms with Crippen molar-refractivity contribution in [3.63, 3.8) is 0 Å². The fourth-order valence-electron chi connectivity index (χ4n) is 9.40.